The Morgan fingerprint density at radius 2 is 2.13 bits per heavy atom. The van der Waals surface area contributed by atoms with E-state index in [1.807, 2.05) is 6.92 Å². The summed E-state index contributed by atoms with van der Waals surface area (Å²) in [4.78, 5) is 6.80. The first kappa shape index (κ1) is 24.9. The molecule has 5 nitrogen and oxygen atoms in total. The lowest BCUT2D eigenvalue weighted by Gasteiger charge is -2.35. The highest BCUT2D eigenvalue weighted by Crippen LogP contribution is 2.32. The van der Waals surface area contributed by atoms with Crippen LogP contribution in [0.5, 0.6) is 0 Å². The number of nitrogens with one attached hydrogen (secondary N) is 1. The Labute approximate surface area is 192 Å². The summed E-state index contributed by atoms with van der Waals surface area (Å²) in [6.45, 7) is 6.37. The van der Waals surface area contributed by atoms with Crippen molar-refractivity contribution >= 4 is 29.9 Å². The van der Waals surface area contributed by atoms with Gasteiger partial charge in [0.25, 0.3) is 0 Å². The van der Waals surface area contributed by atoms with Crippen LogP contribution in [-0.4, -0.2) is 56.9 Å². The van der Waals surface area contributed by atoms with Crippen molar-refractivity contribution in [3.63, 3.8) is 0 Å². The van der Waals surface area contributed by atoms with Gasteiger partial charge in [-0.3, -0.25) is 4.99 Å². The monoisotopic (exact) mass is 539 g/mol. The molecule has 2 aliphatic rings. The number of rotatable bonds is 5. The normalized spacial score (nSPS) is 20.4. The number of aliphatic imine (C=N–C) groups is 1. The molecule has 0 aliphatic carbocycles. The summed E-state index contributed by atoms with van der Waals surface area (Å²) in [6.07, 6.45) is -0.835. The predicted octanol–water partition coefficient (Wildman–Crippen LogP) is 4.40. The molecule has 2 aliphatic heterocycles. The average molecular weight is 539 g/mol. The molecule has 0 bridgehead atoms. The number of halogens is 4. The van der Waals surface area contributed by atoms with E-state index in [1.165, 1.54) is 17.7 Å². The molecule has 1 aromatic carbocycles. The quantitative estimate of drug-likeness (QED) is 0.261. The lowest BCUT2D eigenvalue weighted by Crippen LogP contribution is -2.48. The van der Waals surface area contributed by atoms with Crippen molar-refractivity contribution < 1.29 is 22.6 Å². The van der Waals surface area contributed by atoms with Crippen molar-refractivity contribution in [1.29, 1.82) is 0 Å². The number of hydrogen-bond acceptors (Lipinski definition) is 3. The van der Waals surface area contributed by atoms with Gasteiger partial charge in [0.15, 0.2) is 5.96 Å². The minimum absolute atomic E-state index is 0. The van der Waals surface area contributed by atoms with Crippen LogP contribution >= 0.6 is 24.0 Å². The van der Waals surface area contributed by atoms with Crippen LogP contribution in [0.4, 0.5) is 13.2 Å². The summed E-state index contributed by atoms with van der Waals surface area (Å²) in [5.41, 5.74) is 1.24. The summed E-state index contributed by atoms with van der Waals surface area (Å²) in [7, 11) is 0. The molecule has 9 heteroatoms. The van der Waals surface area contributed by atoms with E-state index in [1.54, 1.807) is 6.07 Å². The van der Waals surface area contributed by atoms with Gasteiger partial charge in [0, 0.05) is 19.6 Å². The highest BCUT2D eigenvalue weighted by atomic mass is 127. The van der Waals surface area contributed by atoms with Crippen LogP contribution in [0.15, 0.2) is 40.9 Å². The van der Waals surface area contributed by atoms with Crippen LogP contribution in [0.3, 0.4) is 0 Å². The molecule has 1 aromatic rings. The number of nitrogens with zero attached hydrogens (tertiary/aromatic N) is 2. The van der Waals surface area contributed by atoms with Gasteiger partial charge in [-0.15, -0.1) is 24.0 Å². The summed E-state index contributed by atoms with van der Waals surface area (Å²) in [6, 6.07) is 5.38. The van der Waals surface area contributed by atoms with Gasteiger partial charge in [0.1, 0.15) is 6.10 Å². The van der Waals surface area contributed by atoms with Crippen molar-refractivity contribution in [1.82, 2.24) is 10.2 Å². The van der Waals surface area contributed by atoms with Crippen LogP contribution in [0, 0.1) is 0 Å². The molecule has 168 valence electrons. The van der Waals surface area contributed by atoms with Gasteiger partial charge in [0.2, 0.25) is 0 Å². The zero-order valence-corrected chi connectivity index (χ0v) is 19.4. The number of hydrogen-bond donors (Lipinski definition) is 1. The highest BCUT2D eigenvalue weighted by molar-refractivity contribution is 14.0. The molecule has 0 amide bonds. The zero-order valence-electron chi connectivity index (χ0n) is 17.1. The van der Waals surface area contributed by atoms with Gasteiger partial charge in [-0.05, 0) is 37.5 Å². The molecule has 0 saturated carbocycles. The number of morpholine rings is 1. The van der Waals surface area contributed by atoms with E-state index < -0.39 is 17.8 Å². The van der Waals surface area contributed by atoms with Crippen LogP contribution in [0.1, 0.15) is 37.0 Å². The number of ether oxygens (including phenoxy) is 2. The molecule has 2 heterocycles. The van der Waals surface area contributed by atoms with Gasteiger partial charge in [-0.1, -0.05) is 23.8 Å². The number of alkyl halides is 3. The summed E-state index contributed by atoms with van der Waals surface area (Å²) < 4.78 is 50.2. The van der Waals surface area contributed by atoms with Gasteiger partial charge in [-0.2, -0.15) is 13.2 Å². The maximum absolute atomic E-state index is 13.0. The van der Waals surface area contributed by atoms with E-state index >= 15 is 0 Å². The lowest BCUT2D eigenvalue weighted by molar-refractivity contribution is -0.137. The molecule has 1 atom stereocenters. The molecule has 0 spiro atoms. The second-order valence-electron chi connectivity index (χ2n) is 7.10. The highest BCUT2D eigenvalue weighted by Gasteiger charge is 2.32. The van der Waals surface area contributed by atoms with Crippen LogP contribution < -0.4 is 5.32 Å². The Kier molecular flexibility index (Phi) is 9.89. The fraction of sp³-hybridized carbons (Fsp3) is 0.571. The molecule has 1 unspecified atom stereocenters. The van der Waals surface area contributed by atoms with Gasteiger partial charge >= 0.3 is 6.18 Å². The SMILES string of the molecule is CCNC(=NCCC1=CCOCC1)N1CCOC(c2cccc(C(F)(F)F)c2)C1.I. The van der Waals surface area contributed by atoms with Gasteiger partial charge < -0.3 is 19.7 Å². The van der Waals surface area contributed by atoms with Gasteiger partial charge in [0.05, 0.1) is 31.9 Å². The minimum Gasteiger partial charge on any atom is -0.377 e. The maximum Gasteiger partial charge on any atom is 0.416 e. The molecule has 1 saturated heterocycles. The Bertz CT molecular complexity index is 740. The number of guanidine groups is 1. The Hall–Kier alpha value is -1.33. The fourth-order valence-corrected chi connectivity index (χ4v) is 3.48. The largest absolute Gasteiger partial charge is 0.416 e. The van der Waals surface area contributed by atoms with E-state index in [-0.39, 0.29) is 24.0 Å². The smallest absolute Gasteiger partial charge is 0.377 e. The Morgan fingerprint density at radius 3 is 2.83 bits per heavy atom. The minimum atomic E-state index is -4.36. The number of benzene rings is 1. The molecule has 1 N–H and O–H groups in total. The Morgan fingerprint density at radius 1 is 1.30 bits per heavy atom. The fourth-order valence-electron chi connectivity index (χ4n) is 3.48. The van der Waals surface area contributed by atoms with Gasteiger partial charge in [-0.25, -0.2) is 0 Å². The third-order valence-corrected chi connectivity index (χ3v) is 5.04. The van der Waals surface area contributed by atoms with E-state index in [9.17, 15) is 13.2 Å². The average Bonchev–Trinajstić information content (AvgIpc) is 2.73. The van der Waals surface area contributed by atoms with Crippen molar-refractivity contribution in [3.8, 4) is 0 Å². The van der Waals surface area contributed by atoms with Crippen molar-refractivity contribution in [2.24, 2.45) is 4.99 Å². The standard InChI is InChI=1S/C21H28F3N3O2.HI/c1-2-25-20(26-9-6-16-7-11-28-12-8-16)27-10-13-29-19(15-27)17-4-3-5-18(14-17)21(22,23)24;/h3-5,7,14,19H,2,6,8-13,15H2,1H3,(H,25,26);1H. The topological polar surface area (TPSA) is 46.1 Å². The summed E-state index contributed by atoms with van der Waals surface area (Å²) in [5, 5.41) is 3.29. The van der Waals surface area contributed by atoms with E-state index in [0.29, 0.717) is 38.4 Å². The second-order valence-corrected chi connectivity index (χ2v) is 7.10. The molecular formula is C21H29F3IN3O2. The summed E-state index contributed by atoms with van der Waals surface area (Å²) in [5.74, 6) is 0.778. The van der Waals surface area contributed by atoms with Crippen LogP contribution in [0.25, 0.3) is 0 Å². The summed E-state index contributed by atoms with van der Waals surface area (Å²) >= 11 is 0. The maximum atomic E-state index is 13.0. The Balaban J connectivity index is 0.00000320. The van der Waals surface area contributed by atoms with Crippen molar-refractivity contribution in [3.05, 3.63) is 47.0 Å². The second kappa shape index (κ2) is 11.9. The van der Waals surface area contributed by atoms with Crippen molar-refractivity contribution in [2.45, 2.75) is 32.0 Å². The zero-order chi connectivity index (χ0) is 20.7. The van der Waals surface area contributed by atoms with E-state index in [2.05, 4.69) is 16.3 Å². The molecule has 1 fully saturated rings. The predicted molar refractivity (Wildman–Crippen MR) is 121 cm³/mol. The molecular weight excluding hydrogens is 510 g/mol. The molecule has 30 heavy (non-hydrogen) atoms. The molecule has 0 radical (unpaired) electrons. The van der Waals surface area contributed by atoms with Crippen LogP contribution in [0.2, 0.25) is 0 Å². The first-order valence-electron chi connectivity index (χ1n) is 10.0. The molecule has 3 rings (SSSR count). The third-order valence-electron chi connectivity index (χ3n) is 5.04. The van der Waals surface area contributed by atoms with E-state index in [0.717, 1.165) is 38.0 Å². The lowest BCUT2D eigenvalue weighted by atomic mass is 10.0. The first-order valence-corrected chi connectivity index (χ1v) is 10.0. The van der Waals surface area contributed by atoms with Crippen LogP contribution in [-0.2, 0) is 15.7 Å². The van der Waals surface area contributed by atoms with Crippen molar-refractivity contribution in [2.75, 3.05) is 46.0 Å². The van der Waals surface area contributed by atoms with E-state index in [4.69, 9.17) is 14.5 Å². The molecule has 0 aromatic heterocycles. The third kappa shape index (κ3) is 7.12. The first-order chi connectivity index (χ1) is 14.0.